The number of rotatable bonds is 6. The van der Waals surface area contributed by atoms with Crippen LogP contribution in [0.4, 0.5) is 0 Å². The lowest BCUT2D eigenvalue weighted by Gasteiger charge is -2.06. The number of ether oxygens (including phenoxy) is 1. The van der Waals surface area contributed by atoms with Crippen LogP contribution in [0.5, 0.6) is 0 Å². The summed E-state index contributed by atoms with van der Waals surface area (Å²) in [5.74, 6) is 0. The molecule has 3 nitrogen and oxygen atoms in total. The maximum Gasteiger partial charge on any atom is 0.0957 e. The predicted molar refractivity (Wildman–Crippen MR) is 69.0 cm³/mol. The lowest BCUT2D eigenvalue weighted by Crippen LogP contribution is -2.21. The molecule has 0 spiro atoms. The van der Waals surface area contributed by atoms with Crippen molar-refractivity contribution in [3.8, 4) is 0 Å². The molecule has 16 heavy (non-hydrogen) atoms. The molecule has 1 atom stereocenters. The van der Waals surface area contributed by atoms with Crippen molar-refractivity contribution in [1.82, 2.24) is 10.3 Å². The van der Waals surface area contributed by atoms with Crippen molar-refractivity contribution < 1.29 is 4.74 Å². The highest BCUT2D eigenvalue weighted by atomic mass is 32.1. The standard InChI is InChI=1S/C12H22N2OS/c1-8(2)13-7-11-10(4)14-12(16-11)6-9(3)15-5/h8-9,13H,6-7H2,1-5H3. The third kappa shape index (κ3) is 4.20. The van der Waals surface area contributed by atoms with Crippen LogP contribution >= 0.6 is 11.3 Å². The van der Waals surface area contributed by atoms with Crippen LogP contribution < -0.4 is 5.32 Å². The molecule has 1 heterocycles. The summed E-state index contributed by atoms with van der Waals surface area (Å²) in [6.07, 6.45) is 1.15. The minimum atomic E-state index is 0.247. The van der Waals surface area contributed by atoms with Crippen LogP contribution in [0.2, 0.25) is 0 Å². The van der Waals surface area contributed by atoms with E-state index in [0.29, 0.717) is 6.04 Å². The average Bonchev–Trinajstić information content (AvgIpc) is 2.55. The number of nitrogens with zero attached hydrogens (tertiary/aromatic N) is 1. The number of aryl methyl sites for hydroxylation is 1. The molecule has 4 heteroatoms. The van der Waals surface area contributed by atoms with Gasteiger partial charge < -0.3 is 10.1 Å². The summed E-state index contributed by atoms with van der Waals surface area (Å²) in [6.45, 7) is 9.38. The quantitative estimate of drug-likeness (QED) is 0.832. The molecule has 1 unspecified atom stereocenters. The summed E-state index contributed by atoms with van der Waals surface area (Å²) in [5, 5.41) is 4.60. The van der Waals surface area contributed by atoms with Gasteiger partial charge in [0.2, 0.25) is 0 Å². The fourth-order valence-electron chi connectivity index (χ4n) is 1.37. The summed E-state index contributed by atoms with van der Waals surface area (Å²) in [7, 11) is 1.74. The fourth-order valence-corrected chi connectivity index (χ4v) is 2.50. The molecule has 1 N–H and O–H groups in total. The normalized spacial score (nSPS) is 13.4. The van der Waals surface area contributed by atoms with Gasteiger partial charge in [-0.3, -0.25) is 0 Å². The Morgan fingerprint density at radius 2 is 2.06 bits per heavy atom. The number of hydrogen-bond donors (Lipinski definition) is 1. The van der Waals surface area contributed by atoms with Gasteiger partial charge in [0, 0.05) is 31.0 Å². The zero-order valence-corrected chi connectivity index (χ0v) is 11.6. The van der Waals surface area contributed by atoms with Crippen LogP contribution in [0, 0.1) is 6.92 Å². The van der Waals surface area contributed by atoms with Crippen LogP contribution in [0.1, 0.15) is 36.3 Å². The Kier molecular flexibility index (Phi) is 5.38. The first-order chi connectivity index (χ1) is 7.52. The van der Waals surface area contributed by atoms with Gasteiger partial charge in [-0.05, 0) is 13.8 Å². The van der Waals surface area contributed by atoms with E-state index in [-0.39, 0.29) is 6.10 Å². The Balaban J connectivity index is 2.59. The van der Waals surface area contributed by atoms with E-state index in [1.54, 1.807) is 18.4 Å². The van der Waals surface area contributed by atoms with E-state index in [1.807, 2.05) is 0 Å². The highest BCUT2D eigenvalue weighted by Gasteiger charge is 2.10. The molecule has 92 valence electrons. The fraction of sp³-hybridized carbons (Fsp3) is 0.750. The zero-order chi connectivity index (χ0) is 12.1. The highest BCUT2D eigenvalue weighted by Crippen LogP contribution is 2.19. The minimum Gasteiger partial charge on any atom is -0.381 e. The van der Waals surface area contributed by atoms with Gasteiger partial charge in [0.25, 0.3) is 0 Å². The third-order valence-electron chi connectivity index (χ3n) is 2.47. The van der Waals surface area contributed by atoms with E-state index in [0.717, 1.165) is 18.7 Å². The summed E-state index contributed by atoms with van der Waals surface area (Å²) >= 11 is 1.79. The van der Waals surface area contributed by atoms with Crippen molar-refractivity contribution in [2.24, 2.45) is 0 Å². The van der Waals surface area contributed by atoms with Crippen molar-refractivity contribution >= 4 is 11.3 Å². The van der Waals surface area contributed by atoms with Crippen molar-refractivity contribution in [2.45, 2.75) is 52.8 Å². The molecule has 0 saturated carbocycles. The molecule has 0 fully saturated rings. The molecule has 0 bridgehead atoms. The monoisotopic (exact) mass is 242 g/mol. The first-order valence-corrected chi connectivity index (χ1v) is 6.56. The number of nitrogens with one attached hydrogen (secondary N) is 1. The Morgan fingerprint density at radius 3 is 2.62 bits per heavy atom. The van der Waals surface area contributed by atoms with Crippen LogP contribution in [-0.2, 0) is 17.7 Å². The number of methoxy groups -OCH3 is 1. The highest BCUT2D eigenvalue weighted by molar-refractivity contribution is 7.11. The second kappa shape index (κ2) is 6.33. The van der Waals surface area contributed by atoms with E-state index in [4.69, 9.17) is 4.74 Å². The van der Waals surface area contributed by atoms with Gasteiger partial charge in [-0.25, -0.2) is 4.98 Å². The average molecular weight is 242 g/mol. The van der Waals surface area contributed by atoms with Gasteiger partial charge in [0.05, 0.1) is 16.8 Å². The lowest BCUT2D eigenvalue weighted by atomic mass is 10.3. The van der Waals surface area contributed by atoms with Gasteiger partial charge in [0.1, 0.15) is 0 Å². The second-order valence-corrected chi connectivity index (χ2v) is 5.57. The number of aromatic nitrogens is 1. The van der Waals surface area contributed by atoms with Gasteiger partial charge >= 0.3 is 0 Å². The molecule has 1 aromatic rings. The number of hydrogen-bond acceptors (Lipinski definition) is 4. The van der Waals surface area contributed by atoms with Crippen LogP contribution in [0.25, 0.3) is 0 Å². The molecule has 0 saturated heterocycles. The maximum absolute atomic E-state index is 5.25. The summed E-state index contributed by atoms with van der Waals surface area (Å²) in [6, 6.07) is 0.517. The Labute approximate surface area is 102 Å². The first kappa shape index (κ1) is 13.6. The van der Waals surface area contributed by atoms with Crippen LogP contribution in [-0.4, -0.2) is 24.2 Å². The SMILES string of the molecule is COC(C)Cc1nc(C)c(CNC(C)C)s1. The van der Waals surface area contributed by atoms with Gasteiger partial charge in [-0.1, -0.05) is 13.8 Å². The molecule has 0 amide bonds. The summed E-state index contributed by atoms with van der Waals surface area (Å²) in [4.78, 5) is 5.91. The minimum absolute atomic E-state index is 0.247. The number of thiazole rings is 1. The third-order valence-corrected chi connectivity index (χ3v) is 3.65. The molecule has 0 aliphatic carbocycles. The Hall–Kier alpha value is -0.450. The predicted octanol–water partition coefficient (Wildman–Crippen LogP) is 2.53. The van der Waals surface area contributed by atoms with E-state index >= 15 is 0 Å². The molecule has 0 aliphatic heterocycles. The van der Waals surface area contributed by atoms with Crippen molar-refractivity contribution in [3.05, 3.63) is 15.6 Å². The van der Waals surface area contributed by atoms with Crippen LogP contribution in [0.3, 0.4) is 0 Å². The molecule has 1 aromatic heterocycles. The van der Waals surface area contributed by atoms with Gasteiger partial charge in [-0.2, -0.15) is 0 Å². The second-order valence-electron chi connectivity index (χ2n) is 4.40. The van der Waals surface area contributed by atoms with E-state index < -0.39 is 0 Å². The van der Waals surface area contributed by atoms with E-state index in [1.165, 1.54) is 9.88 Å². The Morgan fingerprint density at radius 1 is 1.38 bits per heavy atom. The molecular formula is C12H22N2OS. The smallest absolute Gasteiger partial charge is 0.0957 e. The van der Waals surface area contributed by atoms with Crippen molar-refractivity contribution in [3.63, 3.8) is 0 Å². The molecule has 0 aromatic carbocycles. The molecule has 0 aliphatic rings. The van der Waals surface area contributed by atoms with E-state index in [9.17, 15) is 0 Å². The van der Waals surface area contributed by atoms with Crippen molar-refractivity contribution in [2.75, 3.05) is 7.11 Å². The first-order valence-electron chi connectivity index (χ1n) is 5.74. The van der Waals surface area contributed by atoms with Crippen molar-refractivity contribution in [1.29, 1.82) is 0 Å². The Bertz CT molecular complexity index is 323. The summed E-state index contributed by atoms with van der Waals surface area (Å²) < 4.78 is 5.25. The maximum atomic E-state index is 5.25. The molecule has 0 radical (unpaired) electrons. The van der Waals surface area contributed by atoms with Gasteiger partial charge in [-0.15, -0.1) is 11.3 Å². The largest absolute Gasteiger partial charge is 0.381 e. The zero-order valence-electron chi connectivity index (χ0n) is 10.8. The topological polar surface area (TPSA) is 34.1 Å². The lowest BCUT2D eigenvalue weighted by molar-refractivity contribution is 0.118. The van der Waals surface area contributed by atoms with E-state index in [2.05, 4.69) is 38.0 Å². The molecular weight excluding hydrogens is 220 g/mol. The summed E-state index contributed by atoms with van der Waals surface area (Å²) in [5.41, 5.74) is 1.15. The van der Waals surface area contributed by atoms with Gasteiger partial charge in [0.15, 0.2) is 0 Å². The van der Waals surface area contributed by atoms with Crippen LogP contribution in [0.15, 0.2) is 0 Å². The molecule has 1 rings (SSSR count).